The van der Waals surface area contributed by atoms with E-state index in [1.54, 1.807) is 18.5 Å². The van der Waals surface area contributed by atoms with Crippen molar-refractivity contribution in [2.45, 2.75) is 70.9 Å². The van der Waals surface area contributed by atoms with Crippen LogP contribution >= 0.6 is 0 Å². The molecule has 0 bridgehead atoms. The van der Waals surface area contributed by atoms with E-state index in [-0.39, 0.29) is 6.04 Å². The molecule has 1 aromatic heterocycles. The second kappa shape index (κ2) is 7.91. The Labute approximate surface area is 128 Å². The SMILES string of the molecule is CCCCC(C)NS(=O)(=O)c1c(C)nn(CCCN)c1C. The van der Waals surface area contributed by atoms with Gasteiger partial charge in [0, 0.05) is 12.6 Å². The minimum Gasteiger partial charge on any atom is -0.330 e. The lowest BCUT2D eigenvalue weighted by molar-refractivity contribution is 0.532. The van der Waals surface area contributed by atoms with Crippen molar-refractivity contribution in [1.82, 2.24) is 14.5 Å². The maximum absolute atomic E-state index is 12.5. The minimum absolute atomic E-state index is 0.0684. The molecule has 0 amide bonds. The predicted octanol–water partition coefficient (Wildman–Crippen LogP) is 1.71. The first-order valence-corrected chi connectivity index (χ1v) is 9.08. The fourth-order valence-corrected chi connectivity index (χ4v) is 4.11. The van der Waals surface area contributed by atoms with Gasteiger partial charge in [-0.25, -0.2) is 13.1 Å². The maximum atomic E-state index is 12.5. The summed E-state index contributed by atoms with van der Waals surface area (Å²) in [6.45, 7) is 8.73. The summed E-state index contributed by atoms with van der Waals surface area (Å²) >= 11 is 0. The number of aromatic nitrogens is 2. The number of nitrogens with zero attached hydrogens (tertiary/aromatic N) is 2. The Bertz CT molecular complexity index is 552. The first-order valence-electron chi connectivity index (χ1n) is 7.59. The molecule has 0 spiro atoms. The van der Waals surface area contributed by atoms with Crippen LogP contribution in [0.15, 0.2) is 4.90 Å². The zero-order chi connectivity index (χ0) is 16.0. The lowest BCUT2D eigenvalue weighted by Crippen LogP contribution is -2.33. The molecule has 21 heavy (non-hydrogen) atoms. The molecular weight excluding hydrogens is 288 g/mol. The van der Waals surface area contributed by atoms with Gasteiger partial charge in [0.2, 0.25) is 10.0 Å². The lowest BCUT2D eigenvalue weighted by atomic mass is 10.2. The molecule has 1 atom stereocenters. The molecule has 0 fully saturated rings. The van der Waals surface area contributed by atoms with Crippen LogP contribution in [0.4, 0.5) is 0 Å². The van der Waals surface area contributed by atoms with E-state index in [1.165, 1.54) is 0 Å². The summed E-state index contributed by atoms with van der Waals surface area (Å²) in [6.07, 6.45) is 3.69. The number of nitrogens with two attached hydrogens (primary N) is 1. The average molecular weight is 316 g/mol. The molecule has 1 unspecified atom stereocenters. The first kappa shape index (κ1) is 18.1. The largest absolute Gasteiger partial charge is 0.330 e. The van der Waals surface area contributed by atoms with Crippen molar-refractivity contribution in [3.05, 3.63) is 11.4 Å². The van der Waals surface area contributed by atoms with Gasteiger partial charge in [-0.05, 0) is 40.2 Å². The maximum Gasteiger partial charge on any atom is 0.244 e. The van der Waals surface area contributed by atoms with Crippen LogP contribution in [-0.2, 0) is 16.6 Å². The van der Waals surface area contributed by atoms with Crippen LogP contribution in [0.25, 0.3) is 0 Å². The van der Waals surface area contributed by atoms with Crippen molar-refractivity contribution >= 4 is 10.0 Å². The Kier molecular flexibility index (Phi) is 6.83. The van der Waals surface area contributed by atoms with E-state index in [4.69, 9.17) is 5.73 Å². The molecular formula is C14H28N4O2S. The average Bonchev–Trinajstić information content (AvgIpc) is 2.68. The third kappa shape index (κ3) is 4.79. The number of hydrogen-bond donors (Lipinski definition) is 2. The molecule has 7 heteroatoms. The third-order valence-electron chi connectivity index (χ3n) is 3.50. The van der Waals surface area contributed by atoms with Crippen molar-refractivity contribution in [3.63, 3.8) is 0 Å². The van der Waals surface area contributed by atoms with Gasteiger partial charge in [0.25, 0.3) is 0 Å². The van der Waals surface area contributed by atoms with Crippen LogP contribution in [0.3, 0.4) is 0 Å². The van der Waals surface area contributed by atoms with E-state index in [2.05, 4.69) is 16.7 Å². The zero-order valence-electron chi connectivity index (χ0n) is 13.5. The van der Waals surface area contributed by atoms with Crippen molar-refractivity contribution in [1.29, 1.82) is 0 Å². The van der Waals surface area contributed by atoms with Crippen LogP contribution in [-0.4, -0.2) is 30.8 Å². The van der Waals surface area contributed by atoms with Gasteiger partial charge in [0.05, 0.1) is 11.4 Å². The highest BCUT2D eigenvalue weighted by Gasteiger charge is 2.25. The predicted molar refractivity (Wildman–Crippen MR) is 84.7 cm³/mol. The molecule has 1 rings (SSSR count). The molecule has 0 aliphatic rings. The Morgan fingerprint density at radius 3 is 2.57 bits per heavy atom. The topological polar surface area (TPSA) is 90.0 Å². The highest BCUT2D eigenvalue weighted by Crippen LogP contribution is 2.20. The van der Waals surface area contributed by atoms with Crippen LogP contribution in [0.5, 0.6) is 0 Å². The fourth-order valence-electron chi connectivity index (χ4n) is 2.42. The quantitative estimate of drug-likeness (QED) is 0.725. The number of nitrogens with one attached hydrogen (secondary N) is 1. The van der Waals surface area contributed by atoms with E-state index in [1.807, 2.05) is 6.92 Å². The van der Waals surface area contributed by atoms with Gasteiger partial charge in [-0.2, -0.15) is 5.10 Å². The second-order valence-corrected chi connectivity index (χ2v) is 7.18. The smallest absolute Gasteiger partial charge is 0.244 e. The minimum atomic E-state index is -3.52. The molecule has 0 saturated carbocycles. The molecule has 122 valence electrons. The highest BCUT2D eigenvalue weighted by molar-refractivity contribution is 7.89. The van der Waals surface area contributed by atoms with Gasteiger partial charge in [0.1, 0.15) is 4.90 Å². The molecule has 0 saturated heterocycles. The molecule has 0 aliphatic heterocycles. The van der Waals surface area contributed by atoms with Gasteiger partial charge in [-0.15, -0.1) is 0 Å². The number of unbranched alkanes of at least 4 members (excludes halogenated alkanes) is 1. The van der Waals surface area contributed by atoms with E-state index >= 15 is 0 Å². The normalized spacial score (nSPS) is 13.6. The first-order chi connectivity index (χ1) is 9.83. The van der Waals surface area contributed by atoms with Gasteiger partial charge < -0.3 is 5.73 Å². The molecule has 6 nitrogen and oxygen atoms in total. The van der Waals surface area contributed by atoms with E-state index in [0.29, 0.717) is 29.4 Å². The van der Waals surface area contributed by atoms with E-state index < -0.39 is 10.0 Å². The van der Waals surface area contributed by atoms with Crippen LogP contribution < -0.4 is 10.5 Å². The summed E-state index contributed by atoms with van der Waals surface area (Å²) in [5.74, 6) is 0. The molecule has 0 radical (unpaired) electrons. The molecule has 3 N–H and O–H groups in total. The third-order valence-corrected chi connectivity index (χ3v) is 5.35. The van der Waals surface area contributed by atoms with E-state index in [0.717, 1.165) is 25.7 Å². The number of hydrogen-bond acceptors (Lipinski definition) is 4. The van der Waals surface area contributed by atoms with Crippen LogP contribution in [0, 0.1) is 13.8 Å². The van der Waals surface area contributed by atoms with Gasteiger partial charge in [-0.1, -0.05) is 19.8 Å². The monoisotopic (exact) mass is 316 g/mol. The number of rotatable bonds is 9. The second-order valence-electron chi connectivity index (χ2n) is 5.53. The summed E-state index contributed by atoms with van der Waals surface area (Å²) in [4.78, 5) is 0.308. The molecule has 1 heterocycles. The summed E-state index contributed by atoms with van der Waals surface area (Å²) in [7, 11) is -3.52. The Hall–Kier alpha value is -0.920. The van der Waals surface area contributed by atoms with Crippen LogP contribution in [0.1, 0.15) is 50.9 Å². The van der Waals surface area contributed by atoms with Gasteiger partial charge in [0.15, 0.2) is 0 Å². The number of aryl methyl sites for hydroxylation is 2. The lowest BCUT2D eigenvalue weighted by Gasteiger charge is -2.14. The number of sulfonamides is 1. The zero-order valence-corrected chi connectivity index (χ0v) is 14.3. The standard InChI is InChI=1S/C14H28N4O2S/c1-5-6-8-11(2)17-21(19,20)14-12(3)16-18(13(14)4)10-7-9-15/h11,17H,5-10,15H2,1-4H3. The Balaban J connectivity index is 2.95. The summed E-state index contributed by atoms with van der Waals surface area (Å²) in [6, 6.07) is -0.0684. The summed E-state index contributed by atoms with van der Waals surface area (Å²) in [5.41, 5.74) is 6.72. The van der Waals surface area contributed by atoms with Crippen molar-refractivity contribution < 1.29 is 8.42 Å². The van der Waals surface area contributed by atoms with Gasteiger partial charge >= 0.3 is 0 Å². The van der Waals surface area contributed by atoms with Crippen molar-refractivity contribution in [2.75, 3.05) is 6.54 Å². The fraction of sp³-hybridized carbons (Fsp3) is 0.786. The molecule has 0 aromatic carbocycles. The van der Waals surface area contributed by atoms with Crippen molar-refractivity contribution in [2.24, 2.45) is 5.73 Å². The molecule has 0 aliphatic carbocycles. The van der Waals surface area contributed by atoms with Crippen molar-refractivity contribution in [3.8, 4) is 0 Å². The Morgan fingerprint density at radius 2 is 2.00 bits per heavy atom. The summed E-state index contributed by atoms with van der Waals surface area (Å²) in [5, 5.41) is 4.33. The highest BCUT2D eigenvalue weighted by atomic mass is 32.2. The summed E-state index contributed by atoms with van der Waals surface area (Å²) < 4.78 is 29.6. The van der Waals surface area contributed by atoms with Crippen LogP contribution in [0.2, 0.25) is 0 Å². The Morgan fingerprint density at radius 1 is 1.33 bits per heavy atom. The molecule has 1 aromatic rings. The van der Waals surface area contributed by atoms with E-state index in [9.17, 15) is 8.42 Å². The van der Waals surface area contributed by atoms with Gasteiger partial charge in [-0.3, -0.25) is 4.68 Å².